The van der Waals surface area contributed by atoms with Gasteiger partial charge < -0.3 is 15.5 Å². The quantitative estimate of drug-likeness (QED) is 0.867. The van der Waals surface area contributed by atoms with E-state index in [-0.39, 0.29) is 11.8 Å². The molecule has 0 saturated carbocycles. The molecule has 1 atom stereocenters. The van der Waals surface area contributed by atoms with Gasteiger partial charge in [0.1, 0.15) is 6.04 Å². The predicted octanol–water partition coefficient (Wildman–Crippen LogP) is 0.854. The van der Waals surface area contributed by atoms with Crippen LogP contribution in [0.2, 0.25) is 0 Å². The molecule has 1 saturated heterocycles. The summed E-state index contributed by atoms with van der Waals surface area (Å²) in [6.45, 7) is 8.09. The van der Waals surface area contributed by atoms with Crippen LogP contribution in [0.5, 0.6) is 0 Å². The van der Waals surface area contributed by atoms with Gasteiger partial charge in [-0.25, -0.2) is 0 Å². The second-order valence-electron chi connectivity index (χ2n) is 5.38. The van der Waals surface area contributed by atoms with Crippen molar-refractivity contribution in [2.75, 3.05) is 26.2 Å². The molecule has 114 valence electrons. The third-order valence-corrected chi connectivity index (χ3v) is 3.85. The van der Waals surface area contributed by atoms with Gasteiger partial charge in [-0.05, 0) is 31.9 Å². The number of carbonyl (C=O) groups excluding carboxylic acids is 2. The number of carbonyl (C=O) groups is 2. The minimum Gasteiger partial charge on any atom is -0.355 e. The van der Waals surface area contributed by atoms with Gasteiger partial charge in [-0.15, -0.1) is 0 Å². The summed E-state index contributed by atoms with van der Waals surface area (Å²) in [5.74, 6) is -0.146. The van der Waals surface area contributed by atoms with Crippen LogP contribution < -0.4 is 10.6 Å². The van der Waals surface area contributed by atoms with Crippen LogP contribution in [-0.4, -0.2) is 48.9 Å². The molecular formula is C16H23N3O2. The highest BCUT2D eigenvalue weighted by atomic mass is 16.2. The number of nitrogens with zero attached hydrogens (tertiary/aromatic N) is 1. The van der Waals surface area contributed by atoms with Gasteiger partial charge in [0.15, 0.2) is 0 Å². The Balaban J connectivity index is 2.29. The molecule has 21 heavy (non-hydrogen) atoms. The monoisotopic (exact) mass is 289 g/mol. The van der Waals surface area contributed by atoms with E-state index < -0.39 is 6.04 Å². The first-order valence-electron chi connectivity index (χ1n) is 7.41. The average Bonchev–Trinajstić information content (AvgIpc) is 2.47. The molecule has 5 heteroatoms. The Morgan fingerprint density at radius 3 is 2.62 bits per heavy atom. The SMILES string of the molecule is CCNC(=O)C1CNCCN1C(=O)c1c(C)cccc1C. The Morgan fingerprint density at radius 2 is 2.00 bits per heavy atom. The lowest BCUT2D eigenvalue weighted by atomic mass is 10.00. The van der Waals surface area contributed by atoms with Gasteiger partial charge in [-0.3, -0.25) is 9.59 Å². The highest BCUT2D eigenvalue weighted by molar-refractivity contribution is 6.00. The van der Waals surface area contributed by atoms with E-state index in [1.807, 2.05) is 39.0 Å². The molecule has 0 aromatic heterocycles. The van der Waals surface area contributed by atoms with Crippen LogP contribution in [0, 0.1) is 13.8 Å². The number of benzene rings is 1. The topological polar surface area (TPSA) is 61.4 Å². The Kier molecular flexibility index (Phi) is 4.96. The maximum atomic E-state index is 12.9. The average molecular weight is 289 g/mol. The van der Waals surface area contributed by atoms with Crippen LogP contribution >= 0.6 is 0 Å². The van der Waals surface area contributed by atoms with E-state index in [1.54, 1.807) is 4.90 Å². The van der Waals surface area contributed by atoms with E-state index in [0.29, 0.717) is 31.7 Å². The van der Waals surface area contributed by atoms with Crippen LogP contribution in [0.4, 0.5) is 0 Å². The Hall–Kier alpha value is -1.88. The van der Waals surface area contributed by atoms with E-state index in [4.69, 9.17) is 0 Å². The fraction of sp³-hybridized carbons (Fsp3) is 0.500. The molecule has 1 aliphatic heterocycles. The van der Waals surface area contributed by atoms with Gasteiger partial charge in [-0.1, -0.05) is 18.2 Å². The molecule has 1 aliphatic rings. The number of piperazine rings is 1. The summed E-state index contributed by atoms with van der Waals surface area (Å²) in [7, 11) is 0. The first-order chi connectivity index (χ1) is 10.1. The minimum absolute atomic E-state index is 0.0525. The Bertz CT molecular complexity index is 522. The van der Waals surface area contributed by atoms with Crippen molar-refractivity contribution in [1.82, 2.24) is 15.5 Å². The van der Waals surface area contributed by atoms with Crippen LogP contribution in [0.15, 0.2) is 18.2 Å². The Morgan fingerprint density at radius 1 is 1.33 bits per heavy atom. The van der Waals surface area contributed by atoms with Crippen LogP contribution in [0.25, 0.3) is 0 Å². The molecule has 0 aliphatic carbocycles. The summed E-state index contributed by atoms with van der Waals surface area (Å²) in [5, 5.41) is 5.99. The lowest BCUT2D eigenvalue weighted by Crippen LogP contribution is -2.59. The number of hydrogen-bond acceptors (Lipinski definition) is 3. The molecule has 1 heterocycles. The summed E-state index contributed by atoms with van der Waals surface area (Å²) < 4.78 is 0. The molecule has 0 radical (unpaired) electrons. The van der Waals surface area contributed by atoms with Crippen molar-refractivity contribution in [3.63, 3.8) is 0 Å². The number of rotatable bonds is 3. The van der Waals surface area contributed by atoms with E-state index in [1.165, 1.54) is 0 Å². The second kappa shape index (κ2) is 6.72. The van der Waals surface area contributed by atoms with Gasteiger partial charge in [0, 0.05) is 31.7 Å². The number of amides is 2. The van der Waals surface area contributed by atoms with Gasteiger partial charge in [0.25, 0.3) is 5.91 Å². The molecule has 2 amide bonds. The fourth-order valence-corrected chi connectivity index (χ4v) is 2.77. The van der Waals surface area contributed by atoms with Crippen molar-refractivity contribution in [2.45, 2.75) is 26.8 Å². The summed E-state index contributed by atoms with van der Waals surface area (Å²) in [6.07, 6.45) is 0. The molecule has 5 nitrogen and oxygen atoms in total. The van der Waals surface area contributed by atoms with Gasteiger partial charge in [-0.2, -0.15) is 0 Å². The lowest BCUT2D eigenvalue weighted by Gasteiger charge is -2.35. The molecule has 2 rings (SSSR count). The fourth-order valence-electron chi connectivity index (χ4n) is 2.77. The van der Waals surface area contributed by atoms with Crippen molar-refractivity contribution in [2.24, 2.45) is 0 Å². The third-order valence-electron chi connectivity index (χ3n) is 3.85. The molecule has 0 spiro atoms. The van der Waals surface area contributed by atoms with Crippen molar-refractivity contribution in [1.29, 1.82) is 0 Å². The number of aryl methyl sites for hydroxylation is 2. The third kappa shape index (κ3) is 3.24. The standard InChI is InChI=1S/C16H23N3O2/c1-4-18-15(20)13-10-17-8-9-19(13)16(21)14-11(2)6-5-7-12(14)3/h5-7,13,17H,4,8-10H2,1-3H3,(H,18,20). The van der Waals surface area contributed by atoms with Crippen molar-refractivity contribution < 1.29 is 9.59 Å². The van der Waals surface area contributed by atoms with Crippen LogP contribution in [0.1, 0.15) is 28.4 Å². The largest absolute Gasteiger partial charge is 0.355 e. The summed E-state index contributed by atoms with van der Waals surface area (Å²) in [5.41, 5.74) is 2.62. The van der Waals surface area contributed by atoms with Gasteiger partial charge in [0.2, 0.25) is 5.91 Å². The van der Waals surface area contributed by atoms with Crippen LogP contribution in [-0.2, 0) is 4.79 Å². The first-order valence-corrected chi connectivity index (χ1v) is 7.41. The molecule has 1 aromatic rings. The van der Waals surface area contributed by atoms with Gasteiger partial charge in [0.05, 0.1) is 0 Å². The smallest absolute Gasteiger partial charge is 0.255 e. The summed E-state index contributed by atoms with van der Waals surface area (Å²) >= 11 is 0. The zero-order valence-corrected chi connectivity index (χ0v) is 12.9. The van der Waals surface area contributed by atoms with Crippen molar-refractivity contribution in [3.05, 3.63) is 34.9 Å². The Labute approximate surface area is 125 Å². The van der Waals surface area contributed by atoms with E-state index in [9.17, 15) is 9.59 Å². The number of likely N-dealkylation sites (N-methyl/N-ethyl adjacent to an activating group) is 1. The molecule has 1 aromatic carbocycles. The van der Waals surface area contributed by atoms with Crippen molar-refractivity contribution >= 4 is 11.8 Å². The molecular weight excluding hydrogens is 266 g/mol. The zero-order valence-electron chi connectivity index (χ0n) is 12.9. The van der Waals surface area contributed by atoms with Crippen LogP contribution in [0.3, 0.4) is 0 Å². The second-order valence-corrected chi connectivity index (χ2v) is 5.38. The molecule has 0 bridgehead atoms. The van der Waals surface area contributed by atoms with E-state index in [2.05, 4.69) is 10.6 Å². The molecule has 1 unspecified atom stereocenters. The summed E-state index contributed by atoms with van der Waals surface area (Å²) in [6, 6.07) is 5.37. The van der Waals surface area contributed by atoms with Crippen molar-refractivity contribution in [3.8, 4) is 0 Å². The maximum absolute atomic E-state index is 12.9. The number of hydrogen-bond donors (Lipinski definition) is 2. The van der Waals surface area contributed by atoms with E-state index >= 15 is 0 Å². The first kappa shape index (κ1) is 15.5. The highest BCUT2D eigenvalue weighted by Crippen LogP contribution is 2.18. The minimum atomic E-state index is -0.440. The molecule has 2 N–H and O–H groups in total. The summed E-state index contributed by atoms with van der Waals surface area (Å²) in [4.78, 5) is 26.7. The number of nitrogens with one attached hydrogen (secondary N) is 2. The maximum Gasteiger partial charge on any atom is 0.255 e. The highest BCUT2D eigenvalue weighted by Gasteiger charge is 2.33. The van der Waals surface area contributed by atoms with E-state index in [0.717, 1.165) is 11.1 Å². The lowest BCUT2D eigenvalue weighted by molar-refractivity contribution is -0.126. The normalized spacial score (nSPS) is 18.4. The predicted molar refractivity (Wildman–Crippen MR) is 82.3 cm³/mol. The van der Waals surface area contributed by atoms with Gasteiger partial charge >= 0.3 is 0 Å². The zero-order chi connectivity index (χ0) is 15.4. The molecule has 1 fully saturated rings.